The lowest BCUT2D eigenvalue weighted by atomic mass is 10.2. The van der Waals surface area contributed by atoms with Crippen LogP contribution in [0.25, 0.3) is 0 Å². The van der Waals surface area contributed by atoms with Crippen LogP contribution in [-0.2, 0) is 14.8 Å². The van der Waals surface area contributed by atoms with E-state index in [1.165, 1.54) is 4.90 Å². The van der Waals surface area contributed by atoms with Crippen molar-refractivity contribution in [2.45, 2.75) is 31.0 Å². The van der Waals surface area contributed by atoms with Gasteiger partial charge in [-0.1, -0.05) is 0 Å². The number of rotatable bonds is 3. The van der Waals surface area contributed by atoms with Crippen molar-refractivity contribution >= 4 is 15.8 Å². The molecule has 2 aliphatic rings. The van der Waals surface area contributed by atoms with Gasteiger partial charge in [0.1, 0.15) is 24.2 Å². The predicted molar refractivity (Wildman–Crippen MR) is 90.6 cm³/mol. The summed E-state index contributed by atoms with van der Waals surface area (Å²) in [7, 11) is -1.31. The number of morpholine rings is 1. The van der Waals surface area contributed by atoms with Crippen molar-refractivity contribution in [2.24, 2.45) is 0 Å². The molecule has 0 aromatic carbocycles. The molecule has 0 aliphatic carbocycles. The molecule has 7 nitrogen and oxygen atoms in total. The van der Waals surface area contributed by atoms with Crippen LogP contribution in [0.15, 0.2) is 23.2 Å². The number of quaternary nitrogens is 1. The van der Waals surface area contributed by atoms with E-state index in [0.717, 1.165) is 32.0 Å². The van der Waals surface area contributed by atoms with Gasteiger partial charge in [0.25, 0.3) is 5.82 Å². The Bertz CT molecular complexity index is 646. The molecule has 0 radical (unpaired) electrons. The van der Waals surface area contributed by atoms with E-state index >= 15 is 0 Å². The van der Waals surface area contributed by atoms with Gasteiger partial charge in [0.2, 0.25) is 10.0 Å². The minimum Gasteiger partial charge on any atom is -0.367 e. The Labute approximate surface area is 144 Å². The lowest BCUT2D eigenvalue weighted by Gasteiger charge is -2.31. The predicted octanol–water partition coefficient (Wildman–Crippen LogP) is -1.37. The highest BCUT2D eigenvalue weighted by molar-refractivity contribution is 7.89. The van der Waals surface area contributed by atoms with Crippen LogP contribution in [0, 0.1) is 0 Å². The summed E-state index contributed by atoms with van der Waals surface area (Å²) in [5.41, 5.74) is 0. The van der Waals surface area contributed by atoms with Crippen LogP contribution in [0.4, 0.5) is 5.82 Å². The number of piperazine rings is 1. The molecule has 2 atom stereocenters. The average Bonchev–Trinajstić information content (AvgIpc) is 2.54. The molecule has 0 amide bonds. The van der Waals surface area contributed by atoms with Gasteiger partial charge in [-0.2, -0.15) is 4.31 Å². The van der Waals surface area contributed by atoms with Gasteiger partial charge in [0.15, 0.2) is 0 Å². The van der Waals surface area contributed by atoms with Crippen LogP contribution in [-0.4, -0.2) is 71.2 Å². The van der Waals surface area contributed by atoms with Gasteiger partial charge >= 0.3 is 0 Å². The fourth-order valence-corrected chi connectivity index (χ4v) is 4.80. The molecule has 8 heteroatoms. The monoisotopic (exact) mass is 356 g/mol. The first kappa shape index (κ1) is 17.6. The molecule has 2 aliphatic heterocycles. The second-order valence-electron chi connectivity index (χ2n) is 6.93. The highest BCUT2D eigenvalue weighted by atomic mass is 32.2. The molecule has 0 bridgehead atoms. The zero-order chi connectivity index (χ0) is 17.3. The van der Waals surface area contributed by atoms with Gasteiger partial charge in [-0.3, -0.25) is 4.90 Å². The van der Waals surface area contributed by atoms with Gasteiger partial charge in [0, 0.05) is 6.07 Å². The summed E-state index contributed by atoms with van der Waals surface area (Å²) in [4.78, 5) is 7.07. The van der Waals surface area contributed by atoms with Crippen LogP contribution in [0.5, 0.6) is 0 Å². The maximum atomic E-state index is 12.7. The van der Waals surface area contributed by atoms with Crippen LogP contribution < -0.4 is 14.8 Å². The molecular formula is C16H28N4O3S+2. The number of ether oxygens (including phenoxy) is 1. The smallest absolute Gasteiger partial charge is 0.274 e. The number of hydrogen-bond acceptors (Lipinski definition) is 4. The Kier molecular flexibility index (Phi) is 5.10. The van der Waals surface area contributed by atoms with Crippen LogP contribution in [0.1, 0.15) is 13.8 Å². The summed E-state index contributed by atoms with van der Waals surface area (Å²) in [6, 6.07) is 3.57. The Morgan fingerprint density at radius 1 is 1.17 bits per heavy atom. The average molecular weight is 356 g/mol. The SMILES string of the molecule is C[C@H]1CN(c2ccc(S(=O)(=O)N3CC[NH+](C)CC3)c[nH+]2)C[C@H](C)O1. The minimum atomic E-state index is -3.41. The molecule has 3 rings (SSSR count). The van der Waals surface area contributed by atoms with E-state index < -0.39 is 10.0 Å². The summed E-state index contributed by atoms with van der Waals surface area (Å²) in [6.45, 7) is 8.56. The van der Waals surface area contributed by atoms with Gasteiger partial charge in [-0.15, -0.1) is 0 Å². The molecule has 0 spiro atoms. The van der Waals surface area contributed by atoms with Crippen LogP contribution in [0.3, 0.4) is 0 Å². The first-order valence-electron chi connectivity index (χ1n) is 8.60. The lowest BCUT2D eigenvalue weighted by Crippen LogP contribution is -3.12. The van der Waals surface area contributed by atoms with E-state index in [9.17, 15) is 8.42 Å². The Balaban J connectivity index is 1.74. The fraction of sp³-hybridized carbons (Fsp3) is 0.688. The molecule has 24 heavy (non-hydrogen) atoms. The Hall–Kier alpha value is -1.22. The molecule has 0 unspecified atom stereocenters. The first-order valence-corrected chi connectivity index (χ1v) is 10.0. The second kappa shape index (κ2) is 6.95. The number of likely N-dealkylation sites (N-methyl/N-ethyl adjacent to an activating group) is 1. The molecule has 134 valence electrons. The van der Waals surface area contributed by atoms with Crippen molar-refractivity contribution in [2.75, 3.05) is 51.2 Å². The normalized spacial score (nSPS) is 27.4. The largest absolute Gasteiger partial charge is 0.367 e. The van der Waals surface area contributed by atoms with Gasteiger partial charge in [0.05, 0.1) is 45.4 Å². The van der Waals surface area contributed by atoms with E-state index in [1.807, 2.05) is 6.07 Å². The molecule has 2 N–H and O–H groups in total. The van der Waals surface area contributed by atoms with E-state index in [-0.39, 0.29) is 12.2 Å². The number of aromatic amines is 1. The number of pyridine rings is 1. The van der Waals surface area contributed by atoms with Crippen molar-refractivity contribution in [3.05, 3.63) is 18.3 Å². The van der Waals surface area contributed by atoms with Gasteiger partial charge in [-0.25, -0.2) is 13.4 Å². The third-order valence-corrected chi connectivity index (χ3v) is 6.64. The highest BCUT2D eigenvalue weighted by Crippen LogP contribution is 2.19. The van der Waals surface area contributed by atoms with E-state index in [0.29, 0.717) is 18.0 Å². The zero-order valence-electron chi connectivity index (χ0n) is 14.7. The standard InChI is InChI=1S/C16H26N4O3S/c1-13-11-19(12-14(2)23-13)16-5-4-15(10-17-16)24(21,22)20-8-6-18(3)7-9-20/h4-5,10,13-14H,6-9,11-12H2,1-3H3/p+2/t13-,14-/m0/s1. The summed E-state index contributed by atoms with van der Waals surface area (Å²) in [5.74, 6) is 0.929. The second-order valence-corrected chi connectivity index (χ2v) is 8.87. The zero-order valence-corrected chi connectivity index (χ0v) is 15.5. The number of H-pyrrole nitrogens is 1. The maximum Gasteiger partial charge on any atom is 0.274 e. The van der Waals surface area contributed by atoms with Crippen molar-refractivity contribution in [1.29, 1.82) is 0 Å². The van der Waals surface area contributed by atoms with Crippen LogP contribution >= 0.6 is 0 Å². The topological polar surface area (TPSA) is 68.4 Å². The Morgan fingerprint density at radius 3 is 2.33 bits per heavy atom. The van der Waals surface area contributed by atoms with Crippen molar-refractivity contribution in [1.82, 2.24) is 4.31 Å². The summed E-state index contributed by atoms with van der Waals surface area (Å²) < 4.78 is 32.8. The molecule has 0 saturated carbocycles. The lowest BCUT2D eigenvalue weighted by molar-refractivity contribution is -0.883. The molecule has 1 aromatic rings. The molecule has 1 aromatic heterocycles. The van der Waals surface area contributed by atoms with Gasteiger partial charge in [-0.05, 0) is 19.9 Å². The van der Waals surface area contributed by atoms with E-state index in [4.69, 9.17) is 4.74 Å². The van der Waals surface area contributed by atoms with E-state index in [1.54, 1.807) is 16.6 Å². The molecule has 2 fully saturated rings. The molecule has 2 saturated heterocycles. The third kappa shape index (κ3) is 3.72. The Morgan fingerprint density at radius 2 is 1.79 bits per heavy atom. The molecule has 3 heterocycles. The maximum absolute atomic E-state index is 12.7. The summed E-state index contributed by atoms with van der Waals surface area (Å²) >= 11 is 0. The first-order chi connectivity index (χ1) is 11.4. The summed E-state index contributed by atoms with van der Waals surface area (Å²) in [5, 5.41) is 0. The number of nitrogens with zero attached hydrogens (tertiary/aromatic N) is 2. The quantitative estimate of drug-likeness (QED) is 0.726. The number of nitrogens with one attached hydrogen (secondary N) is 2. The van der Waals surface area contributed by atoms with Crippen molar-refractivity contribution in [3.63, 3.8) is 0 Å². The minimum absolute atomic E-state index is 0.165. The van der Waals surface area contributed by atoms with E-state index in [2.05, 4.69) is 30.8 Å². The van der Waals surface area contributed by atoms with Crippen molar-refractivity contribution < 1.29 is 23.0 Å². The van der Waals surface area contributed by atoms with Crippen LogP contribution in [0.2, 0.25) is 0 Å². The number of aromatic nitrogens is 1. The summed E-state index contributed by atoms with van der Waals surface area (Å²) in [6.07, 6.45) is 1.94. The van der Waals surface area contributed by atoms with Crippen molar-refractivity contribution in [3.8, 4) is 0 Å². The number of anilines is 1. The third-order valence-electron chi connectivity index (χ3n) is 4.74. The molecular weight excluding hydrogens is 328 g/mol. The van der Waals surface area contributed by atoms with Gasteiger partial charge < -0.3 is 9.64 Å². The number of sulfonamides is 1. The number of hydrogen-bond donors (Lipinski definition) is 1. The fourth-order valence-electron chi connectivity index (χ4n) is 3.39. The highest BCUT2D eigenvalue weighted by Gasteiger charge is 2.32.